The highest BCUT2D eigenvalue weighted by molar-refractivity contribution is 6.76. The molecular weight excluding hydrogens is 468 g/mol. The highest BCUT2D eigenvalue weighted by Gasteiger charge is 2.23. The molecular formula is C25H29F2N5O2Si. The standard InChI is InChI=1S/C25H29F2N5O2Si/c1-31-15-18(13-30-31)22-14-29-25(32(22)16-34-10-11-35(2,3)4)24(33)17-8-9-28-21(12-17)23-19(26)6-5-7-20(23)27/h5-9,12-15,24,33H,10-11,16H2,1-4H3. The van der Waals surface area contributed by atoms with Crippen LogP contribution in [-0.4, -0.2) is 44.1 Å². The van der Waals surface area contributed by atoms with E-state index in [4.69, 9.17) is 4.74 Å². The minimum Gasteiger partial charge on any atom is -0.380 e. The molecule has 0 bridgehead atoms. The molecule has 0 saturated carbocycles. The summed E-state index contributed by atoms with van der Waals surface area (Å²) in [7, 11) is 0.554. The summed E-state index contributed by atoms with van der Waals surface area (Å²) in [6, 6.07) is 7.72. The van der Waals surface area contributed by atoms with Crippen LogP contribution >= 0.6 is 0 Å². The topological polar surface area (TPSA) is 78.0 Å². The number of halogens is 2. The van der Waals surface area contributed by atoms with Gasteiger partial charge in [-0.25, -0.2) is 13.8 Å². The minimum atomic E-state index is -1.27. The summed E-state index contributed by atoms with van der Waals surface area (Å²) in [5, 5.41) is 15.5. The van der Waals surface area contributed by atoms with Crippen molar-refractivity contribution in [3.05, 3.63) is 78.1 Å². The van der Waals surface area contributed by atoms with Crippen LogP contribution in [0.4, 0.5) is 8.78 Å². The lowest BCUT2D eigenvalue weighted by Gasteiger charge is -2.19. The van der Waals surface area contributed by atoms with E-state index in [0.717, 1.165) is 17.3 Å². The molecule has 1 N–H and O–H groups in total. The number of hydrogen-bond donors (Lipinski definition) is 1. The number of aryl methyl sites for hydroxylation is 1. The van der Waals surface area contributed by atoms with E-state index >= 15 is 0 Å². The van der Waals surface area contributed by atoms with E-state index in [0.29, 0.717) is 18.0 Å². The van der Waals surface area contributed by atoms with E-state index in [9.17, 15) is 13.9 Å². The Morgan fingerprint density at radius 1 is 1.09 bits per heavy atom. The zero-order valence-corrected chi connectivity index (χ0v) is 21.2. The van der Waals surface area contributed by atoms with E-state index in [2.05, 4.69) is 34.7 Å². The molecule has 0 amide bonds. The number of nitrogens with zero attached hydrogens (tertiary/aromatic N) is 5. The molecule has 1 atom stereocenters. The van der Waals surface area contributed by atoms with E-state index in [1.807, 2.05) is 13.2 Å². The van der Waals surface area contributed by atoms with E-state index < -0.39 is 25.8 Å². The van der Waals surface area contributed by atoms with Gasteiger partial charge in [0.2, 0.25) is 0 Å². The molecule has 0 aliphatic carbocycles. The molecule has 0 aliphatic rings. The first kappa shape index (κ1) is 24.9. The molecule has 184 valence electrons. The van der Waals surface area contributed by atoms with Crippen LogP contribution in [0.5, 0.6) is 0 Å². The Balaban J connectivity index is 1.68. The number of benzene rings is 1. The Morgan fingerprint density at radius 3 is 2.49 bits per heavy atom. The third-order valence-corrected chi connectivity index (χ3v) is 7.37. The van der Waals surface area contributed by atoms with Crippen LogP contribution in [-0.2, 0) is 18.5 Å². The zero-order valence-electron chi connectivity index (χ0n) is 20.2. The highest BCUT2D eigenvalue weighted by atomic mass is 28.3. The molecule has 7 nitrogen and oxygen atoms in total. The lowest BCUT2D eigenvalue weighted by Crippen LogP contribution is -2.22. The molecule has 35 heavy (non-hydrogen) atoms. The molecule has 3 aromatic heterocycles. The van der Waals surface area contributed by atoms with Gasteiger partial charge in [-0.1, -0.05) is 25.7 Å². The third-order valence-electron chi connectivity index (χ3n) is 5.67. The smallest absolute Gasteiger partial charge is 0.144 e. The molecule has 0 spiro atoms. The Morgan fingerprint density at radius 2 is 1.83 bits per heavy atom. The highest BCUT2D eigenvalue weighted by Crippen LogP contribution is 2.30. The van der Waals surface area contributed by atoms with Gasteiger partial charge in [-0.05, 0) is 35.9 Å². The van der Waals surface area contributed by atoms with Crippen LogP contribution in [0.2, 0.25) is 25.7 Å². The average molecular weight is 498 g/mol. The molecule has 4 rings (SSSR count). The van der Waals surface area contributed by atoms with Gasteiger partial charge >= 0.3 is 0 Å². The van der Waals surface area contributed by atoms with Gasteiger partial charge in [-0.2, -0.15) is 5.10 Å². The zero-order chi connectivity index (χ0) is 25.2. The number of pyridine rings is 1. The van der Waals surface area contributed by atoms with Gasteiger partial charge in [-0.3, -0.25) is 9.67 Å². The molecule has 4 aromatic rings. The van der Waals surface area contributed by atoms with Crippen LogP contribution in [0.15, 0.2) is 55.1 Å². The molecule has 0 aliphatic heterocycles. The number of aliphatic hydroxyl groups is 1. The Bertz CT molecular complexity index is 1300. The third kappa shape index (κ3) is 5.72. The van der Waals surface area contributed by atoms with E-state index in [-0.39, 0.29) is 18.0 Å². The number of aliphatic hydroxyl groups excluding tert-OH is 1. The normalized spacial score (nSPS) is 12.8. The molecule has 0 radical (unpaired) electrons. The number of aromatic nitrogens is 5. The Kier molecular flexibility index (Phi) is 7.25. The maximum absolute atomic E-state index is 14.3. The summed E-state index contributed by atoms with van der Waals surface area (Å²) in [5.41, 5.74) is 1.83. The van der Waals surface area contributed by atoms with Gasteiger partial charge < -0.3 is 14.4 Å². The molecule has 3 heterocycles. The lowest BCUT2D eigenvalue weighted by molar-refractivity contribution is 0.0797. The average Bonchev–Trinajstić information content (AvgIpc) is 3.41. The largest absolute Gasteiger partial charge is 0.380 e. The van der Waals surface area contributed by atoms with Crippen molar-refractivity contribution in [1.82, 2.24) is 24.3 Å². The Hall–Kier alpha value is -3.21. The van der Waals surface area contributed by atoms with Gasteiger partial charge in [-0.15, -0.1) is 0 Å². The van der Waals surface area contributed by atoms with Crippen LogP contribution in [0.1, 0.15) is 17.5 Å². The van der Waals surface area contributed by atoms with Gasteiger partial charge in [0, 0.05) is 39.7 Å². The second-order valence-corrected chi connectivity index (χ2v) is 15.3. The molecule has 0 saturated heterocycles. The van der Waals surface area contributed by atoms with Gasteiger partial charge in [0.1, 0.15) is 30.3 Å². The quantitative estimate of drug-likeness (QED) is 0.260. The van der Waals surface area contributed by atoms with Crippen molar-refractivity contribution < 1.29 is 18.6 Å². The van der Waals surface area contributed by atoms with Crippen LogP contribution < -0.4 is 0 Å². The summed E-state index contributed by atoms with van der Waals surface area (Å²) in [6.45, 7) is 7.64. The summed E-state index contributed by atoms with van der Waals surface area (Å²) < 4.78 is 38.1. The maximum Gasteiger partial charge on any atom is 0.144 e. The second kappa shape index (κ2) is 10.2. The SMILES string of the molecule is Cn1cc(-c2cnc(C(O)c3ccnc(-c4c(F)cccc4F)c3)n2COCC[Si](C)(C)C)cn1. The molecule has 1 unspecified atom stereocenters. The van der Waals surface area contributed by atoms with Gasteiger partial charge in [0.25, 0.3) is 0 Å². The predicted molar refractivity (Wildman–Crippen MR) is 132 cm³/mol. The molecule has 10 heteroatoms. The van der Waals surface area contributed by atoms with Crippen LogP contribution in [0, 0.1) is 11.6 Å². The monoisotopic (exact) mass is 497 g/mol. The molecule has 0 fully saturated rings. The number of rotatable bonds is 9. The van der Waals surface area contributed by atoms with Crippen LogP contribution in [0.25, 0.3) is 22.5 Å². The van der Waals surface area contributed by atoms with Crippen molar-refractivity contribution in [2.45, 2.75) is 38.5 Å². The summed E-state index contributed by atoms with van der Waals surface area (Å²) in [4.78, 5) is 8.60. The van der Waals surface area contributed by atoms with Gasteiger partial charge in [0.15, 0.2) is 0 Å². The number of imidazole rings is 1. The van der Waals surface area contributed by atoms with Gasteiger partial charge in [0.05, 0.1) is 29.3 Å². The summed E-state index contributed by atoms with van der Waals surface area (Å²) in [6.07, 6.45) is 5.49. The minimum absolute atomic E-state index is 0.0918. The predicted octanol–water partition coefficient (Wildman–Crippen LogP) is 5.02. The lowest BCUT2D eigenvalue weighted by atomic mass is 10.0. The van der Waals surface area contributed by atoms with E-state index in [1.54, 1.807) is 27.7 Å². The summed E-state index contributed by atoms with van der Waals surface area (Å²) in [5.74, 6) is -1.09. The number of hydrogen-bond acceptors (Lipinski definition) is 5. The van der Waals surface area contributed by atoms with Crippen LogP contribution in [0.3, 0.4) is 0 Å². The fourth-order valence-corrected chi connectivity index (χ4v) is 4.46. The summed E-state index contributed by atoms with van der Waals surface area (Å²) >= 11 is 0. The van der Waals surface area contributed by atoms with E-state index in [1.165, 1.54) is 30.5 Å². The van der Waals surface area contributed by atoms with Crippen molar-refractivity contribution >= 4 is 8.07 Å². The number of ether oxygens (including phenoxy) is 1. The maximum atomic E-state index is 14.3. The van der Waals surface area contributed by atoms with Crippen molar-refractivity contribution in [2.24, 2.45) is 7.05 Å². The van der Waals surface area contributed by atoms with Crippen molar-refractivity contribution in [1.29, 1.82) is 0 Å². The first-order chi connectivity index (χ1) is 16.6. The Labute approximate surface area is 204 Å². The first-order valence-electron chi connectivity index (χ1n) is 11.3. The first-order valence-corrected chi connectivity index (χ1v) is 15.1. The van der Waals surface area contributed by atoms with Crippen molar-refractivity contribution in [3.63, 3.8) is 0 Å². The van der Waals surface area contributed by atoms with Crippen molar-refractivity contribution in [3.8, 4) is 22.5 Å². The second-order valence-electron chi connectivity index (χ2n) is 9.65. The van der Waals surface area contributed by atoms with Crippen molar-refractivity contribution in [2.75, 3.05) is 6.61 Å². The fourth-order valence-electron chi connectivity index (χ4n) is 3.71. The molecule has 1 aromatic carbocycles. The fraction of sp³-hybridized carbons (Fsp3) is 0.320.